The smallest absolute Gasteiger partial charge is 0.161 e. The van der Waals surface area contributed by atoms with Crippen molar-refractivity contribution in [1.29, 1.82) is 0 Å². The van der Waals surface area contributed by atoms with E-state index in [0.29, 0.717) is 13.2 Å². The summed E-state index contributed by atoms with van der Waals surface area (Å²) >= 11 is 0. The van der Waals surface area contributed by atoms with Crippen molar-refractivity contribution in [3.8, 4) is 22.8 Å². The maximum absolute atomic E-state index is 5.96. The minimum atomic E-state index is 0. The van der Waals surface area contributed by atoms with Gasteiger partial charge in [-0.15, -0.1) is 12.4 Å². The lowest BCUT2D eigenvalue weighted by atomic mass is 9.90. The van der Waals surface area contributed by atoms with Gasteiger partial charge in [0.2, 0.25) is 0 Å². The van der Waals surface area contributed by atoms with Gasteiger partial charge < -0.3 is 15.2 Å². The summed E-state index contributed by atoms with van der Waals surface area (Å²) < 4.78 is 13.5. The number of nitrogens with zero attached hydrogens (tertiary/aromatic N) is 3. The standard InChI is InChI=1S/C20H28N4O2.ClH/c1-20(13-21)6-7-24(14-20)12-16-11-23(2)22-19(16)15-4-5-17-18(10-15)26-9-3-8-25-17;/h4-5,10-11H,3,6-9,12-14,21H2,1-2H3;1H. The Bertz CT molecular complexity index is 794. The Morgan fingerprint density at radius 1 is 1.22 bits per heavy atom. The number of fused-ring (bicyclic) bond motifs is 1. The van der Waals surface area contributed by atoms with Gasteiger partial charge in [-0.05, 0) is 43.1 Å². The number of rotatable bonds is 4. The number of benzene rings is 1. The molecule has 0 saturated carbocycles. The zero-order chi connectivity index (χ0) is 18.1. The molecule has 4 rings (SSSR count). The minimum Gasteiger partial charge on any atom is -0.490 e. The maximum atomic E-state index is 5.96. The van der Waals surface area contributed by atoms with Crippen LogP contribution in [0.4, 0.5) is 0 Å². The van der Waals surface area contributed by atoms with Crippen LogP contribution in [0.15, 0.2) is 24.4 Å². The van der Waals surface area contributed by atoms with Crippen molar-refractivity contribution in [2.24, 2.45) is 18.2 Å². The molecule has 148 valence electrons. The molecular weight excluding hydrogens is 364 g/mol. The summed E-state index contributed by atoms with van der Waals surface area (Å²) in [4.78, 5) is 2.48. The summed E-state index contributed by atoms with van der Waals surface area (Å²) in [5, 5.41) is 4.72. The first-order valence-electron chi connectivity index (χ1n) is 9.41. The second-order valence-corrected chi connectivity index (χ2v) is 7.86. The Hall–Kier alpha value is -1.76. The molecule has 1 saturated heterocycles. The van der Waals surface area contributed by atoms with Crippen LogP contribution in [0.5, 0.6) is 11.5 Å². The van der Waals surface area contributed by atoms with Crippen LogP contribution in [0.25, 0.3) is 11.3 Å². The van der Waals surface area contributed by atoms with Gasteiger partial charge in [0.1, 0.15) is 0 Å². The lowest BCUT2D eigenvalue weighted by Gasteiger charge is -2.22. The zero-order valence-corrected chi connectivity index (χ0v) is 16.9. The number of halogens is 1. The molecule has 1 fully saturated rings. The van der Waals surface area contributed by atoms with Crippen LogP contribution in [0, 0.1) is 5.41 Å². The molecule has 0 bridgehead atoms. The highest BCUT2D eigenvalue weighted by Crippen LogP contribution is 2.36. The van der Waals surface area contributed by atoms with E-state index in [4.69, 9.17) is 20.3 Å². The van der Waals surface area contributed by atoms with Gasteiger partial charge in [-0.1, -0.05) is 6.92 Å². The Morgan fingerprint density at radius 2 is 2.00 bits per heavy atom. The molecule has 1 unspecified atom stereocenters. The molecule has 0 amide bonds. The number of hydrogen-bond donors (Lipinski definition) is 1. The van der Waals surface area contributed by atoms with Crippen LogP contribution in [-0.4, -0.2) is 47.5 Å². The second-order valence-electron chi connectivity index (χ2n) is 7.86. The number of ether oxygens (including phenoxy) is 2. The van der Waals surface area contributed by atoms with E-state index in [1.165, 1.54) is 5.56 Å². The molecule has 27 heavy (non-hydrogen) atoms. The molecule has 3 heterocycles. The van der Waals surface area contributed by atoms with Gasteiger partial charge >= 0.3 is 0 Å². The van der Waals surface area contributed by atoms with Crippen LogP contribution >= 0.6 is 12.4 Å². The normalized spacial score (nSPS) is 22.3. The average Bonchev–Trinajstić information content (AvgIpc) is 3.09. The highest BCUT2D eigenvalue weighted by Gasteiger charge is 2.32. The summed E-state index contributed by atoms with van der Waals surface area (Å²) in [5.41, 5.74) is 9.52. The van der Waals surface area contributed by atoms with E-state index in [2.05, 4.69) is 30.2 Å². The van der Waals surface area contributed by atoms with Crippen LogP contribution in [0.2, 0.25) is 0 Å². The first-order valence-corrected chi connectivity index (χ1v) is 9.41. The van der Waals surface area contributed by atoms with E-state index >= 15 is 0 Å². The molecule has 2 aromatic rings. The van der Waals surface area contributed by atoms with Gasteiger partial charge in [0.05, 0.1) is 18.9 Å². The van der Waals surface area contributed by atoms with Crippen molar-refractivity contribution in [1.82, 2.24) is 14.7 Å². The van der Waals surface area contributed by atoms with Crippen LogP contribution in [0.3, 0.4) is 0 Å². The zero-order valence-electron chi connectivity index (χ0n) is 16.1. The van der Waals surface area contributed by atoms with E-state index < -0.39 is 0 Å². The van der Waals surface area contributed by atoms with Crippen molar-refractivity contribution in [3.63, 3.8) is 0 Å². The lowest BCUT2D eigenvalue weighted by molar-refractivity contribution is 0.274. The summed E-state index contributed by atoms with van der Waals surface area (Å²) in [7, 11) is 1.98. The number of nitrogens with two attached hydrogens (primary N) is 1. The van der Waals surface area contributed by atoms with E-state index in [9.17, 15) is 0 Å². The molecule has 1 aromatic carbocycles. The summed E-state index contributed by atoms with van der Waals surface area (Å²) in [6.45, 7) is 7.44. The highest BCUT2D eigenvalue weighted by molar-refractivity contribution is 5.85. The fourth-order valence-corrected chi connectivity index (χ4v) is 3.88. The molecule has 1 aromatic heterocycles. The molecular formula is C20H29ClN4O2. The van der Waals surface area contributed by atoms with Crippen molar-refractivity contribution < 1.29 is 9.47 Å². The second kappa shape index (κ2) is 8.09. The molecule has 0 aliphatic carbocycles. The lowest BCUT2D eigenvalue weighted by Crippen LogP contribution is -2.31. The summed E-state index contributed by atoms with van der Waals surface area (Å²) in [6, 6.07) is 6.13. The number of aromatic nitrogens is 2. The third-order valence-electron chi connectivity index (χ3n) is 5.45. The van der Waals surface area contributed by atoms with Crippen LogP contribution in [0.1, 0.15) is 25.3 Å². The first-order chi connectivity index (χ1) is 12.6. The SMILES string of the molecule is Cl.Cn1cc(CN2CCC(C)(CN)C2)c(-c2ccc3c(c2)OCCCO3)n1. The van der Waals surface area contributed by atoms with Crippen molar-refractivity contribution in [2.45, 2.75) is 26.3 Å². The molecule has 6 nitrogen and oxygen atoms in total. The monoisotopic (exact) mass is 392 g/mol. The van der Waals surface area contributed by atoms with Gasteiger partial charge in [0.15, 0.2) is 11.5 Å². The molecule has 1 atom stereocenters. The molecule has 2 N–H and O–H groups in total. The molecule has 2 aliphatic rings. The van der Waals surface area contributed by atoms with E-state index in [-0.39, 0.29) is 17.8 Å². The summed E-state index contributed by atoms with van der Waals surface area (Å²) in [6.07, 6.45) is 4.19. The molecule has 0 spiro atoms. The van der Waals surface area contributed by atoms with Crippen LogP contribution in [-0.2, 0) is 13.6 Å². The number of hydrogen-bond acceptors (Lipinski definition) is 5. The van der Waals surface area contributed by atoms with Crippen molar-refractivity contribution in [3.05, 3.63) is 30.0 Å². The van der Waals surface area contributed by atoms with Gasteiger partial charge in [-0.2, -0.15) is 5.10 Å². The molecule has 0 radical (unpaired) electrons. The number of likely N-dealkylation sites (tertiary alicyclic amines) is 1. The largest absolute Gasteiger partial charge is 0.490 e. The van der Waals surface area contributed by atoms with E-state index in [0.717, 1.165) is 61.8 Å². The third kappa shape index (κ3) is 4.23. The van der Waals surface area contributed by atoms with Gasteiger partial charge in [0, 0.05) is 43.9 Å². The number of aryl methyl sites for hydroxylation is 1. The first kappa shape index (κ1) is 20.0. The average molecular weight is 393 g/mol. The quantitative estimate of drug-likeness (QED) is 0.866. The molecule has 7 heteroatoms. The van der Waals surface area contributed by atoms with Gasteiger partial charge in [-0.25, -0.2) is 0 Å². The van der Waals surface area contributed by atoms with Crippen molar-refractivity contribution in [2.75, 3.05) is 32.8 Å². The summed E-state index contributed by atoms with van der Waals surface area (Å²) in [5.74, 6) is 1.63. The topological polar surface area (TPSA) is 65.5 Å². The van der Waals surface area contributed by atoms with E-state index in [1.54, 1.807) is 0 Å². The fourth-order valence-electron chi connectivity index (χ4n) is 3.88. The maximum Gasteiger partial charge on any atom is 0.161 e. The Labute approximate surface area is 167 Å². The Balaban J connectivity index is 0.00000210. The Morgan fingerprint density at radius 3 is 2.74 bits per heavy atom. The third-order valence-corrected chi connectivity index (χ3v) is 5.45. The van der Waals surface area contributed by atoms with Gasteiger partial charge in [0.25, 0.3) is 0 Å². The fraction of sp³-hybridized carbons (Fsp3) is 0.550. The minimum absolute atomic E-state index is 0. The molecule has 2 aliphatic heterocycles. The Kier molecular flexibility index (Phi) is 5.99. The highest BCUT2D eigenvalue weighted by atomic mass is 35.5. The van der Waals surface area contributed by atoms with Crippen molar-refractivity contribution >= 4 is 12.4 Å². The predicted molar refractivity (Wildman–Crippen MR) is 109 cm³/mol. The predicted octanol–water partition coefficient (Wildman–Crippen LogP) is 2.84. The van der Waals surface area contributed by atoms with Crippen LogP contribution < -0.4 is 15.2 Å². The van der Waals surface area contributed by atoms with Gasteiger partial charge in [-0.3, -0.25) is 9.58 Å². The van der Waals surface area contributed by atoms with E-state index in [1.807, 2.05) is 17.8 Å².